The van der Waals surface area contributed by atoms with E-state index in [1.807, 2.05) is 18.2 Å². The predicted octanol–water partition coefficient (Wildman–Crippen LogP) is 3.58. The average molecular weight is 273 g/mol. The highest BCUT2D eigenvalue weighted by atomic mass is 35.5. The van der Waals surface area contributed by atoms with Gasteiger partial charge in [0, 0.05) is 28.4 Å². The van der Waals surface area contributed by atoms with Gasteiger partial charge in [0.25, 0.3) is 0 Å². The molecular weight excluding hydrogens is 264 g/mol. The number of rotatable bonds is 2. The molecule has 5 heteroatoms. The van der Waals surface area contributed by atoms with Crippen molar-refractivity contribution >= 4 is 28.6 Å². The van der Waals surface area contributed by atoms with Gasteiger partial charge in [0.15, 0.2) is 0 Å². The van der Waals surface area contributed by atoms with E-state index in [1.54, 1.807) is 18.3 Å². The molecule has 0 aliphatic rings. The number of carboxylic acid groups (broad SMARTS) is 1. The van der Waals surface area contributed by atoms with E-state index in [1.165, 1.54) is 6.20 Å². The van der Waals surface area contributed by atoms with Gasteiger partial charge in [0.2, 0.25) is 0 Å². The van der Waals surface area contributed by atoms with Gasteiger partial charge in [0.1, 0.15) is 5.65 Å². The number of hydrogen-bond acceptors (Lipinski definition) is 2. The van der Waals surface area contributed by atoms with E-state index in [0.29, 0.717) is 16.1 Å². The molecule has 0 saturated carbocycles. The minimum absolute atomic E-state index is 0.221. The molecule has 2 aromatic heterocycles. The molecule has 0 radical (unpaired) electrons. The number of pyridine rings is 1. The Hall–Kier alpha value is -2.33. The fraction of sp³-hybridized carbons (Fsp3) is 0. The summed E-state index contributed by atoms with van der Waals surface area (Å²) >= 11 is 5.85. The van der Waals surface area contributed by atoms with E-state index >= 15 is 0 Å². The van der Waals surface area contributed by atoms with Crippen molar-refractivity contribution in [3.63, 3.8) is 0 Å². The van der Waals surface area contributed by atoms with E-state index in [-0.39, 0.29) is 5.56 Å². The highest BCUT2D eigenvalue weighted by Gasteiger charge is 2.12. The summed E-state index contributed by atoms with van der Waals surface area (Å²) < 4.78 is 0. The highest BCUT2D eigenvalue weighted by Crippen LogP contribution is 2.25. The molecule has 0 bridgehead atoms. The molecule has 0 atom stereocenters. The van der Waals surface area contributed by atoms with Crippen LogP contribution in [0.3, 0.4) is 0 Å². The number of aromatic carboxylic acids is 1. The van der Waals surface area contributed by atoms with E-state index in [2.05, 4.69) is 9.97 Å². The molecule has 0 unspecified atom stereocenters. The summed E-state index contributed by atoms with van der Waals surface area (Å²) in [6, 6.07) is 9.13. The lowest BCUT2D eigenvalue weighted by Gasteiger charge is -2.02. The third-order valence-electron chi connectivity index (χ3n) is 2.94. The smallest absolute Gasteiger partial charge is 0.337 e. The van der Waals surface area contributed by atoms with Crippen LogP contribution in [0.25, 0.3) is 22.2 Å². The van der Waals surface area contributed by atoms with E-state index in [9.17, 15) is 4.79 Å². The fourth-order valence-electron chi connectivity index (χ4n) is 1.98. The lowest BCUT2D eigenvalue weighted by molar-refractivity contribution is 0.0699. The van der Waals surface area contributed by atoms with Crippen LogP contribution in [0.15, 0.2) is 42.7 Å². The number of hydrogen-bond donors (Lipinski definition) is 2. The molecule has 94 valence electrons. The van der Waals surface area contributed by atoms with Crippen molar-refractivity contribution in [3.05, 3.63) is 53.3 Å². The largest absolute Gasteiger partial charge is 0.478 e. The molecule has 19 heavy (non-hydrogen) atoms. The van der Waals surface area contributed by atoms with Crippen LogP contribution in [-0.2, 0) is 0 Å². The van der Waals surface area contributed by atoms with Crippen molar-refractivity contribution in [2.24, 2.45) is 0 Å². The zero-order chi connectivity index (χ0) is 13.4. The number of H-pyrrole nitrogens is 1. The maximum atomic E-state index is 11.1. The normalized spacial score (nSPS) is 10.8. The zero-order valence-electron chi connectivity index (χ0n) is 9.72. The topological polar surface area (TPSA) is 66.0 Å². The van der Waals surface area contributed by atoms with Gasteiger partial charge in [-0.2, -0.15) is 0 Å². The molecule has 2 N–H and O–H groups in total. The summed E-state index contributed by atoms with van der Waals surface area (Å²) in [6.07, 6.45) is 3.15. The van der Waals surface area contributed by atoms with Crippen LogP contribution in [0.1, 0.15) is 10.4 Å². The first-order valence-electron chi connectivity index (χ1n) is 5.61. The standard InChI is InChI=1S/C14H9ClN2O2/c15-10-3-1-8(2-4-10)9-5-11-12(14(18)19)7-17-13(11)16-6-9/h1-7H,(H,16,17)(H,18,19). The lowest BCUT2D eigenvalue weighted by atomic mass is 10.1. The Morgan fingerprint density at radius 1 is 1.21 bits per heavy atom. The molecule has 0 aliphatic carbocycles. The average Bonchev–Trinajstić information content (AvgIpc) is 2.82. The Morgan fingerprint density at radius 3 is 2.63 bits per heavy atom. The van der Waals surface area contributed by atoms with Crippen LogP contribution in [0.5, 0.6) is 0 Å². The Labute approximate surface area is 113 Å². The quantitative estimate of drug-likeness (QED) is 0.749. The van der Waals surface area contributed by atoms with Gasteiger partial charge < -0.3 is 10.1 Å². The lowest BCUT2D eigenvalue weighted by Crippen LogP contribution is -1.94. The number of nitrogens with zero attached hydrogens (tertiary/aromatic N) is 1. The molecule has 0 amide bonds. The molecule has 2 heterocycles. The first kappa shape index (κ1) is 11.7. The van der Waals surface area contributed by atoms with Crippen LogP contribution < -0.4 is 0 Å². The van der Waals surface area contributed by atoms with Gasteiger partial charge in [-0.05, 0) is 23.8 Å². The Balaban J connectivity index is 2.17. The van der Waals surface area contributed by atoms with Gasteiger partial charge in [-0.25, -0.2) is 9.78 Å². The van der Waals surface area contributed by atoms with Crippen molar-refractivity contribution in [2.45, 2.75) is 0 Å². The second kappa shape index (κ2) is 4.40. The van der Waals surface area contributed by atoms with Crippen molar-refractivity contribution in [1.82, 2.24) is 9.97 Å². The van der Waals surface area contributed by atoms with Gasteiger partial charge >= 0.3 is 5.97 Å². The fourth-order valence-corrected chi connectivity index (χ4v) is 2.11. The van der Waals surface area contributed by atoms with E-state index < -0.39 is 5.97 Å². The van der Waals surface area contributed by atoms with Gasteiger partial charge in [0.05, 0.1) is 5.56 Å². The second-order valence-corrected chi connectivity index (χ2v) is 4.57. The highest BCUT2D eigenvalue weighted by molar-refractivity contribution is 6.30. The van der Waals surface area contributed by atoms with E-state index in [4.69, 9.17) is 16.7 Å². The number of fused-ring (bicyclic) bond motifs is 1. The van der Waals surface area contributed by atoms with Gasteiger partial charge in [-0.1, -0.05) is 23.7 Å². The SMILES string of the molecule is O=C(O)c1c[nH]c2ncc(-c3ccc(Cl)cc3)cc12. The van der Waals surface area contributed by atoms with Crippen molar-refractivity contribution < 1.29 is 9.90 Å². The summed E-state index contributed by atoms with van der Waals surface area (Å²) in [6.45, 7) is 0. The van der Waals surface area contributed by atoms with Crippen molar-refractivity contribution in [2.75, 3.05) is 0 Å². The molecule has 0 aliphatic heterocycles. The Morgan fingerprint density at radius 2 is 1.95 bits per heavy atom. The molecule has 0 spiro atoms. The number of carbonyl (C=O) groups is 1. The summed E-state index contributed by atoms with van der Waals surface area (Å²) in [7, 11) is 0. The summed E-state index contributed by atoms with van der Waals surface area (Å²) in [5, 5.41) is 10.4. The Bertz CT molecular complexity index is 763. The Kier molecular flexibility index (Phi) is 2.72. The maximum Gasteiger partial charge on any atom is 0.337 e. The van der Waals surface area contributed by atoms with Crippen LogP contribution in [-0.4, -0.2) is 21.0 Å². The third kappa shape index (κ3) is 2.06. The van der Waals surface area contributed by atoms with Crippen LogP contribution in [0, 0.1) is 0 Å². The number of benzene rings is 1. The minimum Gasteiger partial charge on any atom is -0.478 e. The van der Waals surface area contributed by atoms with E-state index in [0.717, 1.165) is 11.1 Å². The first-order chi connectivity index (χ1) is 9.15. The number of halogens is 1. The zero-order valence-corrected chi connectivity index (χ0v) is 10.5. The van der Waals surface area contributed by atoms with Gasteiger partial charge in [-0.3, -0.25) is 0 Å². The van der Waals surface area contributed by atoms with Crippen molar-refractivity contribution in [1.29, 1.82) is 0 Å². The molecule has 1 aromatic carbocycles. The third-order valence-corrected chi connectivity index (χ3v) is 3.19. The molecule has 4 nitrogen and oxygen atoms in total. The predicted molar refractivity (Wildman–Crippen MR) is 73.5 cm³/mol. The molecule has 3 rings (SSSR count). The maximum absolute atomic E-state index is 11.1. The van der Waals surface area contributed by atoms with Crippen molar-refractivity contribution in [3.8, 4) is 11.1 Å². The molecule has 0 fully saturated rings. The number of aromatic nitrogens is 2. The van der Waals surface area contributed by atoms with Crippen LogP contribution in [0.2, 0.25) is 5.02 Å². The summed E-state index contributed by atoms with van der Waals surface area (Å²) in [5.74, 6) is -0.971. The summed E-state index contributed by atoms with van der Waals surface area (Å²) in [4.78, 5) is 18.2. The first-order valence-corrected chi connectivity index (χ1v) is 5.99. The monoisotopic (exact) mass is 272 g/mol. The van der Waals surface area contributed by atoms with Crippen LogP contribution >= 0.6 is 11.6 Å². The molecule has 0 saturated heterocycles. The molecule has 3 aromatic rings. The number of nitrogens with one attached hydrogen (secondary N) is 1. The summed E-state index contributed by atoms with van der Waals surface area (Å²) in [5.41, 5.74) is 2.58. The minimum atomic E-state index is -0.971. The molecular formula is C14H9ClN2O2. The van der Waals surface area contributed by atoms with Crippen LogP contribution in [0.4, 0.5) is 0 Å². The van der Waals surface area contributed by atoms with Gasteiger partial charge in [-0.15, -0.1) is 0 Å². The second-order valence-electron chi connectivity index (χ2n) is 4.13. The number of carboxylic acids is 1. The number of aromatic amines is 1.